The predicted molar refractivity (Wildman–Crippen MR) is 77.3 cm³/mol. The van der Waals surface area contributed by atoms with Gasteiger partial charge in [0.25, 0.3) is 0 Å². The molecule has 2 rings (SSSR count). The van der Waals surface area contributed by atoms with Crippen LogP contribution in [0.3, 0.4) is 0 Å². The van der Waals surface area contributed by atoms with Gasteiger partial charge in [-0.1, -0.05) is 12.1 Å². The summed E-state index contributed by atoms with van der Waals surface area (Å²) in [6.07, 6.45) is 1.40. The number of thiophene rings is 1. The van der Waals surface area contributed by atoms with E-state index in [0.717, 1.165) is 12.0 Å². The number of hydrogen-bond acceptors (Lipinski definition) is 3. The molecule has 4 heteroatoms. The fourth-order valence-electron chi connectivity index (χ4n) is 1.93. The van der Waals surface area contributed by atoms with Crippen LogP contribution in [0.2, 0.25) is 0 Å². The number of rotatable bonds is 6. The molecule has 2 nitrogen and oxygen atoms in total. The summed E-state index contributed by atoms with van der Waals surface area (Å²) in [6, 6.07) is 7.02. The Labute approximate surface area is 117 Å². The molecule has 1 aromatic heterocycles. The van der Waals surface area contributed by atoms with Gasteiger partial charge >= 0.3 is 0 Å². The monoisotopic (exact) mass is 279 g/mol. The fourth-order valence-corrected chi connectivity index (χ4v) is 2.63. The van der Waals surface area contributed by atoms with E-state index in [1.807, 2.05) is 18.4 Å². The molecule has 0 aliphatic carbocycles. The van der Waals surface area contributed by atoms with Gasteiger partial charge in [-0.15, -0.1) is 0 Å². The van der Waals surface area contributed by atoms with Crippen LogP contribution in [-0.4, -0.2) is 12.6 Å². The zero-order valence-electron chi connectivity index (χ0n) is 10.9. The van der Waals surface area contributed by atoms with E-state index in [9.17, 15) is 4.39 Å². The van der Waals surface area contributed by atoms with Gasteiger partial charge in [-0.2, -0.15) is 11.3 Å². The summed E-state index contributed by atoms with van der Waals surface area (Å²) in [7, 11) is 0. The smallest absolute Gasteiger partial charge is 0.165 e. The molecule has 0 aliphatic heterocycles. The average molecular weight is 279 g/mol. The Balaban J connectivity index is 2.01. The van der Waals surface area contributed by atoms with Gasteiger partial charge < -0.3 is 10.5 Å². The van der Waals surface area contributed by atoms with Crippen LogP contribution < -0.4 is 10.5 Å². The van der Waals surface area contributed by atoms with Crippen molar-refractivity contribution < 1.29 is 9.13 Å². The number of hydrogen-bond donors (Lipinski definition) is 1. The number of ether oxygens (including phenoxy) is 1. The third-order valence-corrected chi connectivity index (χ3v) is 3.54. The molecule has 0 fully saturated rings. The van der Waals surface area contributed by atoms with Crippen molar-refractivity contribution in [2.75, 3.05) is 6.61 Å². The number of para-hydroxylation sites is 1. The van der Waals surface area contributed by atoms with Crippen molar-refractivity contribution in [3.8, 4) is 5.75 Å². The van der Waals surface area contributed by atoms with E-state index in [1.165, 1.54) is 11.6 Å². The second-order valence-corrected chi connectivity index (χ2v) is 5.42. The zero-order chi connectivity index (χ0) is 13.7. The van der Waals surface area contributed by atoms with Crippen molar-refractivity contribution in [1.29, 1.82) is 0 Å². The van der Waals surface area contributed by atoms with Gasteiger partial charge in [-0.05, 0) is 47.4 Å². The second kappa shape index (κ2) is 6.68. The lowest BCUT2D eigenvalue weighted by Crippen LogP contribution is -2.18. The summed E-state index contributed by atoms with van der Waals surface area (Å²) < 4.78 is 19.4. The summed E-state index contributed by atoms with van der Waals surface area (Å²) in [5.74, 6) is 0.0264. The van der Waals surface area contributed by atoms with E-state index in [1.54, 1.807) is 17.4 Å². The first-order chi connectivity index (χ1) is 9.16. The lowest BCUT2D eigenvalue weighted by Gasteiger charge is -2.13. The molecule has 19 heavy (non-hydrogen) atoms. The van der Waals surface area contributed by atoms with Crippen molar-refractivity contribution in [2.45, 2.75) is 25.8 Å². The van der Waals surface area contributed by atoms with Crippen LogP contribution >= 0.6 is 11.3 Å². The molecule has 1 unspecified atom stereocenters. The third kappa shape index (κ3) is 4.04. The Morgan fingerprint density at radius 2 is 2.21 bits per heavy atom. The summed E-state index contributed by atoms with van der Waals surface area (Å²) in [5, 5.41) is 4.10. The van der Waals surface area contributed by atoms with Crippen molar-refractivity contribution in [3.05, 3.63) is 52.0 Å². The van der Waals surface area contributed by atoms with Gasteiger partial charge in [0.1, 0.15) is 0 Å². The summed E-state index contributed by atoms with van der Waals surface area (Å²) in [5.41, 5.74) is 7.82. The van der Waals surface area contributed by atoms with Gasteiger partial charge in [0, 0.05) is 12.5 Å². The van der Waals surface area contributed by atoms with E-state index in [0.29, 0.717) is 18.8 Å². The minimum atomic E-state index is -0.316. The first kappa shape index (κ1) is 14.0. The van der Waals surface area contributed by atoms with Crippen LogP contribution in [0.15, 0.2) is 35.0 Å². The van der Waals surface area contributed by atoms with E-state index in [2.05, 4.69) is 11.4 Å². The molecule has 0 bridgehead atoms. The van der Waals surface area contributed by atoms with Crippen LogP contribution in [0.4, 0.5) is 4.39 Å². The first-order valence-corrected chi connectivity index (χ1v) is 7.28. The van der Waals surface area contributed by atoms with Crippen molar-refractivity contribution in [3.63, 3.8) is 0 Å². The quantitative estimate of drug-likeness (QED) is 0.879. The Bertz CT molecular complexity index is 511. The van der Waals surface area contributed by atoms with E-state index in [4.69, 9.17) is 10.5 Å². The highest BCUT2D eigenvalue weighted by Gasteiger charge is 2.11. The Hall–Kier alpha value is -1.39. The molecule has 0 saturated carbocycles. The van der Waals surface area contributed by atoms with Gasteiger partial charge in [0.15, 0.2) is 11.6 Å². The zero-order valence-corrected chi connectivity index (χ0v) is 11.8. The Morgan fingerprint density at radius 3 is 2.89 bits per heavy atom. The van der Waals surface area contributed by atoms with Crippen LogP contribution in [0, 0.1) is 5.82 Å². The van der Waals surface area contributed by atoms with E-state index >= 15 is 0 Å². The van der Waals surface area contributed by atoms with Gasteiger partial charge in [-0.25, -0.2) is 4.39 Å². The largest absolute Gasteiger partial charge is 0.490 e. The topological polar surface area (TPSA) is 35.2 Å². The predicted octanol–water partition coefficient (Wildman–Crippen LogP) is 3.40. The maximum Gasteiger partial charge on any atom is 0.165 e. The number of nitrogens with two attached hydrogens (primary N) is 1. The molecule has 102 valence electrons. The van der Waals surface area contributed by atoms with E-state index < -0.39 is 0 Å². The normalized spacial score (nSPS) is 12.4. The van der Waals surface area contributed by atoms with Crippen LogP contribution in [0.25, 0.3) is 0 Å². The highest BCUT2D eigenvalue weighted by molar-refractivity contribution is 7.07. The lowest BCUT2D eigenvalue weighted by atomic mass is 10.1. The third-order valence-electron chi connectivity index (χ3n) is 2.81. The molecule has 2 N–H and O–H groups in total. The number of benzene rings is 1. The molecule has 2 aromatic rings. The minimum absolute atomic E-state index is 0.0129. The van der Waals surface area contributed by atoms with Crippen LogP contribution in [0.5, 0.6) is 5.75 Å². The van der Waals surface area contributed by atoms with Crippen molar-refractivity contribution >= 4 is 11.3 Å². The number of halogens is 1. The Morgan fingerprint density at radius 1 is 1.37 bits per heavy atom. The highest BCUT2D eigenvalue weighted by Crippen LogP contribution is 2.24. The molecule has 1 atom stereocenters. The van der Waals surface area contributed by atoms with Gasteiger partial charge in [0.2, 0.25) is 0 Å². The first-order valence-electron chi connectivity index (χ1n) is 6.33. The molecule has 1 heterocycles. The fraction of sp³-hybridized carbons (Fsp3) is 0.333. The molecule has 0 amide bonds. The van der Waals surface area contributed by atoms with Crippen LogP contribution in [-0.2, 0) is 12.8 Å². The molecule has 1 aromatic carbocycles. The molecule has 0 aliphatic rings. The lowest BCUT2D eigenvalue weighted by molar-refractivity contribution is 0.301. The van der Waals surface area contributed by atoms with Crippen LogP contribution in [0.1, 0.15) is 18.1 Å². The standard InChI is InChI=1S/C15H18FNOS/c1-11(17)9-13-3-2-4-14(16)15(13)18-7-5-12-6-8-19-10-12/h2-4,6,8,10-11H,5,7,9,17H2,1H3. The second-order valence-electron chi connectivity index (χ2n) is 4.64. The van der Waals surface area contributed by atoms with Gasteiger partial charge in [-0.3, -0.25) is 0 Å². The maximum absolute atomic E-state index is 13.8. The van der Waals surface area contributed by atoms with E-state index in [-0.39, 0.29) is 11.9 Å². The SMILES string of the molecule is CC(N)Cc1cccc(F)c1OCCc1ccsc1. The average Bonchev–Trinajstić information content (AvgIpc) is 2.85. The van der Waals surface area contributed by atoms with Crippen molar-refractivity contribution in [1.82, 2.24) is 0 Å². The minimum Gasteiger partial charge on any atom is -0.490 e. The molecular formula is C15H18FNOS. The maximum atomic E-state index is 13.8. The highest BCUT2D eigenvalue weighted by atomic mass is 32.1. The molecular weight excluding hydrogens is 261 g/mol. The van der Waals surface area contributed by atoms with Gasteiger partial charge in [0.05, 0.1) is 6.61 Å². The molecule has 0 radical (unpaired) electrons. The molecule has 0 spiro atoms. The Kier molecular flexibility index (Phi) is 4.93. The summed E-state index contributed by atoms with van der Waals surface area (Å²) in [6.45, 7) is 2.38. The summed E-state index contributed by atoms with van der Waals surface area (Å²) >= 11 is 1.65. The molecule has 0 saturated heterocycles. The van der Waals surface area contributed by atoms with Crippen molar-refractivity contribution in [2.24, 2.45) is 5.73 Å². The summed E-state index contributed by atoms with van der Waals surface area (Å²) in [4.78, 5) is 0.